The van der Waals surface area contributed by atoms with Gasteiger partial charge in [-0.2, -0.15) is 12.6 Å². The third kappa shape index (κ3) is 1.95. The number of carboxylic acids is 1. The zero-order valence-corrected chi connectivity index (χ0v) is 13.1. The van der Waals surface area contributed by atoms with Crippen molar-refractivity contribution in [1.29, 1.82) is 0 Å². The van der Waals surface area contributed by atoms with Gasteiger partial charge in [-0.05, 0) is 61.2 Å². The van der Waals surface area contributed by atoms with Crippen LogP contribution in [-0.4, -0.2) is 15.8 Å². The van der Waals surface area contributed by atoms with Gasteiger partial charge in [-0.15, -0.1) is 0 Å². The molecule has 0 aromatic carbocycles. The highest BCUT2D eigenvalue weighted by molar-refractivity contribution is 7.82. The van der Waals surface area contributed by atoms with E-state index >= 15 is 0 Å². The molecule has 4 rings (SSSR count). The smallest absolute Gasteiger partial charge is 0.308 e. The zero-order chi connectivity index (χ0) is 14.0. The van der Waals surface area contributed by atoms with Crippen LogP contribution in [0.5, 0.6) is 0 Å². The second-order valence-corrected chi connectivity index (χ2v) is 9.10. The summed E-state index contributed by atoms with van der Waals surface area (Å²) in [6.07, 6.45) is 6.27. The van der Waals surface area contributed by atoms with Gasteiger partial charge in [-0.25, -0.2) is 0 Å². The summed E-state index contributed by atoms with van der Waals surface area (Å²) in [5, 5.41) is 9.81. The molecule has 1 atom stereocenters. The van der Waals surface area contributed by atoms with E-state index in [4.69, 9.17) is 12.6 Å². The van der Waals surface area contributed by atoms with E-state index in [-0.39, 0.29) is 16.1 Å². The largest absolute Gasteiger partial charge is 0.481 e. The molecule has 0 aromatic heterocycles. The van der Waals surface area contributed by atoms with Crippen LogP contribution < -0.4 is 0 Å². The predicted octanol–water partition coefficient (Wildman–Crippen LogP) is 3.86. The normalized spacial score (nSPS) is 46.3. The standard InChI is InChI=1S/C16H26O2S/c1-15(2,3)13(14(17)18)16(19)11-5-9-4-10(7-11)8-12(16)6-9/h9-13,19H,4-8H2,1-3H3,(H,17,18). The van der Waals surface area contributed by atoms with E-state index in [0.717, 1.165) is 11.8 Å². The number of carboxylic acid groups (broad SMARTS) is 1. The van der Waals surface area contributed by atoms with Gasteiger partial charge in [0.1, 0.15) is 0 Å². The Balaban J connectivity index is 1.99. The molecule has 0 spiro atoms. The first-order valence-corrected chi connectivity index (χ1v) is 8.12. The minimum atomic E-state index is -0.644. The molecule has 3 heteroatoms. The first kappa shape index (κ1) is 13.8. The third-order valence-corrected chi connectivity index (χ3v) is 7.01. The van der Waals surface area contributed by atoms with Crippen LogP contribution >= 0.6 is 12.6 Å². The monoisotopic (exact) mass is 282 g/mol. The van der Waals surface area contributed by atoms with Gasteiger partial charge in [0.25, 0.3) is 0 Å². The maximum absolute atomic E-state index is 11.9. The van der Waals surface area contributed by atoms with Crippen molar-refractivity contribution >= 4 is 18.6 Å². The maximum atomic E-state index is 11.9. The van der Waals surface area contributed by atoms with Crippen LogP contribution in [-0.2, 0) is 4.79 Å². The molecule has 108 valence electrons. The Morgan fingerprint density at radius 2 is 1.53 bits per heavy atom. The zero-order valence-electron chi connectivity index (χ0n) is 12.2. The van der Waals surface area contributed by atoms with Gasteiger partial charge in [-0.1, -0.05) is 20.8 Å². The van der Waals surface area contributed by atoms with Crippen molar-refractivity contribution in [2.24, 2.45) is 35.0 Å². The Hall–Kier alpha value is -0.180. The minimum Gasteiger partial charge on any atom is -0.481 e. The SMILES string of the molecule is CC(C)(C)C(C(=O)O)C1(S)C2CC3CC(C2)CC1C3. The summed E-state index contributed by atoms with van der Waals surface area (Å²) in [5.41, 5.74) is -0.219. The molecule has 0 radical (unpaired) electrons. The number of hydrogen-bond donors (Lipinski definition) is 2. The molecule has 2 nitrogen and oxygen atoms in total. The average Bonchev–Trinajstić information content (AvgIpc) is 2.22. The lowest BCUT2D eigenvalue weighted by Gasteiger charge is -2.62. The molecule has 4 aliphatic rings. The first-order valence-electron chi connectivity index (χ1n) is 7.68. The number of aliphatic carboxylic acids is 1. The van der Waals surface area contributed by atoms with Crippen LogP contribution in [0.1, 0.15) is 52.9 Å². The molecule has 0 aromatic rings. The fourth-order valence-electron chi connectivity index (χ4n) is 5.67. The number of carbonyl (C=O) groups is 1. The fraction of sp³-hybridized carbons (Fsp3) is 0.938. The third-order valence-electron chi connectivity index (χ3n) is 6.02. The van der Waals surface area contributed by atoms with Gasteiger partial charge in [0, 0.05) is 4.75 Å². The highest BCUT2D eigenvalue weighted by Gasteiger charge is 2.62. The van der Waals surface area contributed by atoms with Crippen LogP contribution in [0.15, 0.2) is 0 Å². The van der Waals surface area contributed by atoms with Gasteiger partial charge in [0.05, 0.1) is 5.92 Å². The molecule has 0 aliphatic heterocycles. The van der Waals surface area contributed by atoms with Crippen molar-refractivity contribution in [1.82, 2.24) is 0 Å². The van der Waals surface area contributed by atoms with Crippen molar-refractivity contribution in [3.05, 3.63) is 0 Å². The molecule has 4 fully saturated rings. The topological polar surface area (TPSA) is 37.3 Å². The van der Waals surface area contributed by atoms with E-state index in [9.17, 15) is 9.90 Å². The molecule has 4 aliphatic carbocycles. The molecular weight excluding hydrogens is 256 g/mol. The fourth-order valence-corrected chi connectivity index (χ4v) is 6.59. The van der Waals surface area contributed by atoms with Crippen LogP contribution in [0.2, 0.25) is 0 Å². The second kappa shape index (κ2) is 4.16. The molecule has 4 saturated carbocycles. The lowest BCUT2D eigenvalue weighted by molar-refractivity contribution is -0.154. The molecule has 0 amide bonds. The van der Waals surface area contributed by atoms with Crippen molar-refractivity contribution in [3.8, 4) is 0 Å². The predicted molar refractivity (Wildman–Crippen MR) is 79.3 cm³/mol. The lowest BCUT2D eigenvalue weighted by Crippen LogP contribution is -2.62. The van der Waals surface area contributed by atoms with Gasteiger partial charge < -0.3 is 5.11 Å². The molecular formula is C16H26O2S. The van der Waals surface area contributed by atoms with E-state index in [1.165, 1.54) is 32.1 Å². The Morgan fingerprint density at radius 3 is 1.84 bits per heavy atom. The summed E-state index contributed by atoms with van der Waals surface area (Å²) in [5.74, 6) is 1.78. The van der Waals surface area contributed by atoms with E-state index in [0.29, 0.717) is 11.8 Å². The summed E-state index contributed by atoms with van der Waals surface area (Å²) >= 11 is 5.08. The second-order valence-electron chi connectivity index (χ2n) is 8.33. The van der Waals surface area contributed by atoms with Crippen molar-refractivity contribution in [3.63, 3.8) is 0 Å². The molecule has 4 bridgehead atoms. The van der Waals surface area contributed by atoms with Gasteiger partial charge in [-0.3, -0.25) is 4.79 Å². The van der Waals surface area contributed by atoms with Crippen LogP contribution in [0.25, 0.3) is 0 Å². The van der Waals surface area contributed by atoms with E-state index in [2.05, 4.69) is 20.8 Å². The van der Waals surface area contributed by atoms with Gasteiger partial charge in [0.15, 0.2) is 0 Å². The highest BCUT2D eigenvalue weighted by Crippen LogP contribution is 2.64. The quantitative estimate of drug-likeness (QED) is 0.755. The summed E-state index contributed by atoms with van der Waals surface area (Å²) in [6, 6.07) is 0. The van der Waals surface area contributed by atoms with Crippen LogP contribution in [0.3, 0.4) is 0 Å². The Morgan fingerprint density at radius 1 is 1.11 bits per heavy atom. The molecule has 1 unspecified atom stereocenters. The maximum Gasteiger partial charge on any atom is 0.308 e. The van der Waals surface area contributed by atoms with Crippen LogP contribution in [0, 0.1) is 35.0 Å². The van der Waals surface area contributed by atoms with E-state index in [1.807, 2.05) is 0 Å². The van der Waals surface area contributed by atoms with Crippen molar-refractivity contribution < 1.29 is 9.90 Å². The Kier molecular flexibility index (Phi) is 3.02. The van der Waals surface area contributed by atoms with Crippen LogP contribution in [0.4, 0.5) is 0 Å². The molecule has 19 heavy (non-hydrogen) atoms. The first-order chi connectivity index (χ1) is 8.73. The average molecular weight is 282 g/mol. The number of hydrogen-bond acceptors (Lipinski definition) is 2. The van der Waals surface area contributed by atoms with Crippen molar-refractivity contribution in [2.45, 2.75) is 57.6 Å². The molecule has 1 N–H and O–H groups in total. The number of rotatable bonds is 2. The van der Waals surface area contributed by atoms with Gasteiger partial charge in [0.2, 0.25) is 0 Å². The van der Waals surface area contributed by atoms with E-state index < -0.39 is 5.97 Å². The molecule has 0 heterocycles. The minimum absolute atomic E-state index is 0.219. The summed E-state index contributed by atoms with van der Waals surface area (Å²) < 4.78 is -0.280. The highest BCUT2D eigenvalue weighted by atomic mass is 32.1. The summed E-state index contributed by atoms with van der Waals surface area (Å²) in [7, 11) is 0. The number of thiol groups is 1. The van der Waals surface area contributed by atoms with Gasteiger partial charge >= 0.3 is 5.97 Å². The summed E-state index contributed by atoms with van der Waals surface area (Å²) in [6.45, 7) is 6.19. The Bertz CT molecular complexity index is 368. The van der Waals surface area contributed by atoms with E-state index in [1.54, 1.807) is 0 Å². The van der Waals surface area contributed by atoms with Crippen molar-refractivity contribution in [2.75, 3.05) is 0 Å². The molecule has 0 saturated heterocycles. The lowest BCUT2D eigenvalue weighted by atomic mass is 9.47. The summed E-state index contributed by atoms with van der Waals surface area (Å²) in [4.78, 5) is 11.9. The Labute approximate surface area is 121 Å².